The van der Waals surface area contributed by atoms with Crippen molar-refractivity contribution in [3.8, 4) is 33.6 Å². The second-order valence-electron chi connectivity index (χ2n) is 14.9. The number of thiophene rings is 1. The summed E-state index contributed by atoms with van der Waals surface area (Å²) in [5.41, 5.74) is 12.2. The van der Waals surface area contributed by atoms with Gasteiger partial charge in [-0.25, -0.2) is 0 Å². The molecule has 3 aromatic heterocycles. The van der Waals surface area contributed by atoms with Gasteiger partial charge in [-0.2, -0.15) is 11.3 Å². The van der Waals surface area contributed by atoms with Gasteiger partial charge in [-0.1, -0.05) is 111 Å². The molecule has 0 saturated carbocycles. The van der Waals surface area contributed by atoms with E-state index >= 15 is 0 Å². The molecular weight excluding hydrogens is 845 g/mol. The van der Waals surface area contributed by atoms with Crippen LogP contribution in [0.4, 0.5) is 0 Å². The molecule has 5 heteroatoms. The van der Waals surface area contributed by atoms with E-state index in [9.17, 15) is 0 Å². The zero-order chi connectivity index (χ0) is 35.9. The van der Waals surface area contributed by atoms with E-state index in [4.69, 9.17) is 4.98 Å². The van der Waals surface area contributed by atoms with Gasteiger partial charge in [-0.05, 0) is 92.4 Å². The van der Waals surface area contributed by atoms with Crippen LogP contribution in [0.3, 0.4) is 0 Å². The number of pyridine rings is 2. The van der Waals surface area contributed by atoms with Crippen molar-refractivity contribution >= 4 is 55.5 Å². The maximum absolute atomic E-state index is 4.77. The number of hydrogen-bond acceptors (Lipinski definition) is 3. The van der Waals surface area contributed by atoms with Crippen LogP contribution in [0.25, 0.3) is 64.6 Å². The molecule has 52 heavy (non-hydrogen) atoms. The zero-order valence-electron chi connectivity index (χ0n) is 31.2. The SMILES string of the molecule is CC(C)c1cc(-c2[c-]cccc2)ncc1[Si](C)(C)C.Cc1cc(C)c(-c2ccc3c(c2)sc2c(-c4cc5ccccc5cn4)[c-]ccc23)c(C)c1.[Ir]. The normalized spacial score (nSPS) is 11.5. The molecule has 0 aliphatic rings. The van der Waals surface area contributed by atoms with Crippen LogP contribution in [-0.2, 0) is 20.1 Å². The Kier molecular flexibility index (Phi) is 11.1. The van der Waals surface area contributed by atoms with E-state index in [1.54, 1.807) is 0 Å². The summed E-state index contributed by atoms with van der Waals surface area (Å²) in [5, 5.41) is 6.41. The summed E-state index contributed by atoms with van der Waals surface area (Å²) in [6.45, 7) is 18.2. The quantitative estimate of drug-likeness (QED) is 0.127. The van der Waals surface area contributed by atoms with Crippen LogP contribution in [0.2, 0.25) is 19.6 Å². The van der Waals surface area contributed by atoms with Gasteiger partial charge in [-0.3, -0.25) is 0 Å². The third-order valence-corrected chi connectivity index (χ3v) is 12.9. The average molecular weight is 889 g/mol. The van der Waals surface area contributed by atoms with E-state index in [0.717, 1.165) is 27.9 Å². The van der Waals surface area contributed by atoms with Crippen LogP contribution < -0.4 is 5.19 Å². The first-order valence-electron chi connectivity index (χ1n) is 17.8. The van der Waals surface area contributed by atoms with Crippen molar-refractivity contribution in [3.05, 3.63) is 150 Å². The van der Waals surface area contributed by atoms with Gasteiger partial charge in [0.05, 0.1) is 8.07 Å². The maximum Gasteiger partial charge on any atom is 0.0799 e. The Morgan fingerprint density at radius 2 is 1.38 bits per heavy atom. The number of fused-ring (bicyclic) bond motifs is 4. The smallest absolute Gasteiger partial charge is 0.0799 e. The Labute approximate surface area is 327 Å². The molecule has 0 spiro atoms. The molecule has 0 saturated heterocycles. The molecule has 0 fully saturated rings. The van der Waals surface area contributed by atoms with E-state index in [1.165, 1.54) is 64.1 Å². The molecule has 263 valence electrons. The van der Waals surface area contributed by atoms with Gasteiger partial charge in [0.15, 0.2) is 0 Å². The molecule has 0 aliphatic heterocycles. The summed E-state index contributed by atoms with van der Waals surface area (Å²) < 4.78 is 2.55. The summed E-state index contributed by atoms with van der Waals surface area (Å²) in [4.78, 5) is 9.43. The molecule has 0 amide bonds. The van der Waals surface area contributed by atoms with E-state index in [2.05, 4.69) is 156 Å². The van der Waals surface area contributed by atoms with Gasteiger partial charge < -0.3 is 9.97 Å². The fourth-order valence-corrected chi connectivity index (χ4v) is 10.1. The summed E-state index contributed by atoms with van der Waals surface area (Å²) in [6.07, 6.45) is 4.06. The molecule has 3 heterocycles. The standard InChI is InChI=1S/C30H22NS.C17H22NSi.Ir/c1-18-13-19(2)29(20(3)14-18)22-11-12-24-25-9-6-10-26(30(25)32-28(24)16-22)27-15-21-7-4-5-8-23(21)17-31-27;1-13(2)15-11-16(14-9-7-6-8-10-14)18-12-17(15)19(3,4)5;/h4-9,11-17H,1-3H3;6-9,11-13H,1-5H3;/q2*-1;. The molecule has 0 aliphatic carbocycles. The van der Waals surface area contributed by atoms with Crippen LogP contribution in [0.5, 0.6) is 0 Å². The molecule has 0 unspecified atom stereocenters. The first-order chi connectivity index (χ1) is 24.5. The van der Waals surface area contributed by atoms with Gasteiger partial charge in [0, 0.05) is 37.2 Å². The van der Waals surface area contributed by atoms with E-state index in [-0.39, 0.29) is 20.1 Å². The van der Waals surface area contributed by atoms with Crippen LogP contribution in [-0.4, -0.2) is 18.0 Å². The van der Waals surface area contributed by atoms with Crippen molar-refractivity contribution in [2.75, 3.05) is 0 Å². The topological polar surface area (TPSA) is 25.8 Å². The van der Waals surface area contributed by atoms with Crippen molar-refractivity contribution in [3.63, 3.8) is 0 Å². The maximum atomic E-state index is 4.77. The second-order valence-corrected chi connectivity index (χ2v) is 21.0. The monoisotopic (exact) mass is 889 g/mol. The minimum absolute atomic E-state index is 0. The minimum Gasteiger partial charge on any atom is -0.305 e. The molecule has 8 aromatic rings. The molecule has 0 N–H and O–H groups in total. The average Bonchev–Trinajstić information content (AvgIpc) is 3.49. The van der Waals surface area contributed by atoms with Gasteiger partial charge >= 0.3 is 0 Å². The van der Waals surface area contributed by atoms with Gasteiger partial charge in [-0.15, -0.1) is 59.7 Å². The third-order valence-electron chi connectivity index (χ3n) is 9.64. The molecule has 0 bridgehead atoms. The molecule has 0 atom stereocenters. The van der Waals surface area contributed by atoms with Gasteiger partial charge in [0.1, 0.15) is 0 Å². The van der Waals surface area contributed by atoms with Crippen molar-refractivity contribution in [2.24, 2.45) is 0 Å². The van der Waals surface area contributed by atoms with Gasteiger partial charge in [0.25, 0.3) is 0 Å². The first kappa shape index (κ1) is 37.5. The van der Waals surface area contributed by atoms with E-state index in [0.29, 0.717) is 5.92 Å². The summed E-state index contributed by atoms with van der Waals surface area (Å²) in [7, 11) is -1.34. The fourth-order valence-electron chi connectivity index (χ4n) is 7.22. The molecule has 5 aromatic carbocycles. The first-order valence-corrected chi connectivity index (χ1v) is 22.1. The largest absolute Gasteiger partial charge is 0.305 e. The van der Waals surface area contributed by atoms with Crippen molar-refractivity contribution in [1.82, 2.24) is 9.97 Å². The van der Waals surface area contributed by atoms with Gasteiger partial charge in [0.2, 0.25) is 0 Å². The number of benzene rings is 5. The predicted molar refractivity (Wildman–Crippen MR) is 224 cm³/mol. The number of hydrogen-bond donors (Lipinski definition) is 0. The molecule has 8 rings (SSSR count). The van der Waals surface area contributed by atoms with Crippen molar-refractivity contribution in [2.45, 2.75) is 60.2 Å². The second kappa shape index (κ2) is 15.4. The van der Waals surface area contributed by atoms with E-state index < -0.39 is 8.07 Å². The Morgan fingerprint density at radius 1 is 0.673 bits per heavy atom. The molecule has 2 nitrogen and oxygen atoms in total. The summed E-state index contributed by atoms with van der Waals surface area (Å²) in [5.74, 6) is 0.534. The molecule has 1 radical (unpaired) electrons. The van der Waals surface area contributed by atoms with Crippen LogP contribution >= 0.6 is 11.3 Å². The number of rotatable bonds is 5. The molecular formula is C47H44IrN2SSi-2. The van der Waals surface area contributed by atoms with Crippen molar-refractivity contribution in [1.29, 1.82) is 0 Å². The summed E-state index contributed by atoms with van der Waals surface area (Å²) >= 11 is 1.84. The Morgan fingerprint density at radius 3 is 2.08 bits per heavy atom. The number of aromatic nitrogens is 2. The number of nitrogens with zero attached hydrogens (tertiary/aromatic N) is 2. The third kappa shape index (κ3) is 7.60. The van der Waals surface area contributed by atoms with Crippen LogP contribution in [0.1, 0.15) is 42.0 Å². The minimum atomic E-state index is -1.34. The number of aryl methyl sites for hydroxylation is 3. The summed E-state index contributed by atoms with van der Waals surface area (Å²) in [6, 6.07) is 43.2. The van der Waals surface area contributed by atoms with E-state index in [1.807, 2.05) is 41.8 Å². The fraction of sp³-hybridized carbons (Fsp3) is 0.191. The predicted octanol–water partition coefficient (Wildman–Crippen LogP) is 12.9. The van der Waals surface area contributed by atoms with Crippen molar-refractivity contribution < 1.29 is 20.1 Å². The van der Waals surface area contributed by atoms with Crippen LogP contribution in [0, 0.1) is 32.9 Å². The Balaban J connectivity index is 0.000000200. The Bertz CT molecular complexity index is 2510. The van der Waals surface area contributed by atoms with Crippen LogP contribution in [0.15, 0.2) is 116 Å². The Hall–Kier alpha value is -4.25. The zero-order valence-corrected chi connectivity index (χ0v) is 35.4.